The highest BCUT2D eigenvalue weighted by atomic mass is 14.9. The number of rotatable bonds is 5. The second kappa shape index (κ2) is 12.2. The van der Waals surface area contributed by atoms with E-state index in [1.54, 1.807) is 0 Å². The Morgan fingerprint density at radius 3 is 1.61 bits per heavy atom. The summed E-state index contributed by atoms with van der Waals surface area (Å²) in [5.74, 6) is 1.27. The van der Waals surface area contributed by atoms with Crippen LogP contribution in [0.3, 0.4) is 0 Å². The van der Waals surface area contributed by atoms with Crippen molar-refractivity contribution in [3.63, 3.8) is 0 Å². The molecule has 1 aliphatic rings. The van der Waals surface area contributed by atoms with E-state index < -0.39 is 0 Å². The van der Waals surface area contributed by atoms with Crippen LogP contribution in [0.2, 0.25) is 0 Å². The number of hydrogen-bond donors (Lipinski definition) is 0. The van der Waals surface area contributed by atoms with Crippen molar-refractivity contribution in [3.05, 3.63) is 175 Å². The molecule has 1 aliphatic carbocycles. The third kappa shape index (κ3) is 5.42. The maximum absolute atomic E-state index is 5.07. The summed E-state index contributed by atoms with van der Waals surface area (Å²) in [7, 11) is 0. The lowest BCUT2D eigenvalue weighted by Crippen LogP contribution is -2.05. The van der Waals surface area contributed by atoms with Crippen molar-refractivity contribution in [2.75, 3.05) is 0 Å². The van der Waals surface area contributed by atoms with Crippen LogP contribution >= 0.6 is 0 Å². The molecular formula is C47H34N2. The van der Waals surface area contributed by atoms with Crippen molar-refractivity contribution in [2.24, 2.45) is 5.92 Å². The van der Waals surface area contributed by atoms with Gasteiger partial charge in [0.15, 0.2) is 5.82 Å². The van der Waals surface area contributed by atoms with Crippen LogP contribution in [0.15, 0.2) is 164 Å². The average molecular weight is 627 g/mol. The van der Waals surface area contributed by atoms with Crippen molar-refractivity contribution in [1.82, 2.24) is 9.97 Å². The molecule has 8 aromatic rings. The fourth-order valence-electron chi connectivity index (χ4n) is 7.34. The van der Waals surface area contributed by atoms with Crippen molar-refractivity contribution < 1.29 is 0 Å². The number of aromatic nitrogens is 2. The molecule has 0 saturated carbocycles. The maximum Gasteiger partial charge on any atom is 0.160 e. The van der Waals surface area contributed by atoms with Gasteiger partial charge >= 0.3 is 0 Å². The summed E-state index contributed by atoms with van der Waals surface area (Å²) in [6, 6.07) is 56.2. The van der Waals surface area contributed by atoms with Crippen LogP contribution < -0.4 is 0 Å². The molecule has 0 spiro atoms. The summed E-state index contributed by atoms with van der Waals surface area (Å²) in [4.78, 5) is 10.1. The summed E-state index contributed by atoms with van der Waals surface area (Å²) in [6.45, 7) is 2.31. The van der Waals surface area contributed by atoms with E-state index in [0.29, 0.717) is 11.7 Å². The summed E-state index contributed by atoms with van der Waals surface area (Å²) in [5, 5.41) is 5.34. The highest BCUT2D eigenvalue weighted by Gasteiger charge is 2.18. The largest absolute Gasteiger partial charge is 0.228 e. The first-order valence-corrected chi connectivity index (χ1v) is 17.0. The summed E-state index contributed by atoms with van der Waals surface area (Å²) in [6.07, 6.45) is 5.78. The van der Waals surface area contributed by atoms with E-state index in [1.807, 2.05) is 12.1 Å². The number of hydrogen-bond acceptors (Lipinski definition) is 2. The van der Waals surface area contributed by atoms with Gasteiger partial charge in [0.2, 0.25) is 0 Å². The molecule has 49 heavy (non-hydrogen) atoms. The Hall–Kier alpha value is -6.12. The van der Waals surface area contributed by atoms with Crippen molar-refractivity contribution >= 4 is 27.6 Å². The van der Waals surface area contributed by atoms with Crippen LogP contribution in [0.25, 0.3) is 83.8 Å². The van der Waals surface area contributed by atoms with Crippen molar-refractivity contribution in [3.8, 4) is 56.2 Å². The molecule has 0 aliphatic heterocycles. The lowest BCUT2D eigenvalue weighted by atomic mass is 9.83. The predicted octanol–water partition coefficient (Wildman–Crippen LogP) is 12.3. The van der Waals surface area contributed by atoms with Crippen LogP contribution in [0.5, 0.6) is 0 Å². The predicted molar refractivity (Wildman–Crippen MR) is 206 cm³/mol. The van der Waals surface area contributed by atoms with E-state index in [2.05, 4.69) is 165 Å². The van der Waals surface area contributed by atoms with E-state index in [-0.39, 0.29) is 0 Å². The Kier molecular flexibility index (Phi) is 7.21. The molecule has 0 bridgehead atoms. The molecule has 2 heteroatoms. The van der Waals surface area contributed by atoms with Gasteiger partial charge in [-0.3, -0.25) is 0 Å². The quantitative estimate of drug-likeness (QED) is 0.178. The second-order valence-corrected chi connectivity index (χ2v) is 13.1. The van der Waals surface area contributed by atoms with E-state index in [9.17, 15) is 0 Å². The molecule has 0 N–H and O–H groups in total. The minimum Gasteiger partial charge on any atom is -0.228 e. The van der Waals surface area contributed by atoms with Gasteiger partial charge in [-0.2, -0.15) is 0 Å². The number of allylic oxidation sites excluding steroid dienone is 1. The van der Waals surface area contributed by atoms with Gasteiger partial charge in [0.25, 0.3) is 0 Å². The molecule has 1 heterocycles. The molecule has 9 rings (SSSR count). The standard InChI is InChI=1S/C47H34N2/c1-31-22-24-41-42-25-23-37(29-44(42)40-21-9-8-20-39(40)43(41)26-31)35-17-10-16-34(27-35)36-18-11-19-38(28-36)47-48-45(32-12-4-2-5-13-32)30-46(49-47)33-14-6-3-7-15-33/h2-25,27-31H,26H2,1H3. The minimum absolute atomic E-state index is 0.555. The van der Waals surface area contributed by atoms with Crippen LogP contribution in [-0.4, -0.2) is 9.97 Å². The van der Waals surface area contributed by atoms with E-state index in [0.717, 1.165) is 45.6 Å². The number of nitrogens with zero attached hydrogens (tertiary/aromatic N) is 2. The third-order valence-corrected chi connectivity index (χ3v) is 9.81. The summed E-state index contributed by atoms with van der Waals surface area (Å²) >= 11 is 0. The first-order chi connectivity index (χ1) is 24.2. The van der Waals surface area contributed by atoms with Gasteiger partial charge in [-0.05, 0) is 91.5 Å². The molecule has 0 amide bonds. The maximum atomic E-state index is 5.07. The van der Waals surface area contributed by atoms with Gasteiger partial charge in [0.05, 0.1) is 11.4 Å². The van der Waals surface area contributed by atoms with Gasteiger partial charge in [-0.15, -0.1) is 0 Å². The molecule has 232 valence electrons. The number of fused-ring (bicyclic) bond motifs is 6. The SMILES string of the molecule is CC1C=Cc2c(c3ccccc3c3cc(-c4cccc(-c5cccc(-c6nc(-c7ccccc7)cc(-c7ccccc7)n6)c5)c4)ccc23)C1. The lowest BCUT2D eigenvalue weighted by molar-refractivity contribution is 0.722. The Bertz CT molecular complexity index is 2470. The van der Waals surface area contributed by atoms with Gasteiger partial charge in [0, 0.05) is 16.7 Å². The Morgan fingerprint density at radius 2 is 0.959 bits per heavy atom. The Labute approximate surface area is 287 Å². The van der Waals surface area contributed by atoms with Crippen LogP contribution in [0.1, 0.15) is 18.1 Å². The third-order valence-electron chi connectivity index (χ3n) is 9.81. The fraction of sp³-hybridized carbons (Fsp3) is 0.0638. The molecule has 7 aromatic carbocycles. The van der Waals surface area contributed by atoms with E-state index >= 15 is 0 Å². The molecule has 2 nitrogen and oxygen atoms in total. The van der Waals surface area contributed by atoms with Crippen molar-refractivity contribution in [2.45, 2.75) is 13.3 Å². The van der Waals surface area contributed by atoms with Gasteiger partial charge in [-0.25, -0.2) is 9.97 Å². The number of benzene rings is 7. The van der Waals surface area contributed by atoms with Crippen LogP contribution in [0, 0.1) is 5.92 Å². The monoisotopic (exact) mass is 626 g/mol. The highest BCUT2D eigenvalue weighted by Crippen LogP contribution is 2.40. The molecule has 0 radical (unpaired) electrons. The van der Waals surface area contributed by atoms with Crippen molar-refractivity contribution in [1.29, 1.82) is 0 Å². The molecular weight excluding hydrogens is 593 g/mol. The van der Waals surface area contributed by atoms with Crippen LogP contribution in [-0.2, 0) is 6.42 Å². The zero-order valence-electron chi connectivity index (χ0n) is 27.3. The minimum atomic E-state index is 0.555. The first-order valence-electron chi connectivity index (χ1n) is 17.0. The second-order valence-electron chi connectivity index (χ2n) is 13.1. The van der Waals surface area contributed by atoms with Gasteiger partial charge < -0.3 is 0 Å². The normalized spacial score (nSPS) is 13.9. The first kappa shape index (κ1) is 29.1. The molecule has 0 saturated heterocycles. The summed E-state index contributed by atoms with van der Waals surface area (Å²) < 4.78 is 0. The summed E-state index contributed by atoms with van der Waals surface area (Å²) in [5.41, 5.74) is 12.5. The van der Waals surface area contributed by atoms with Crippen LogP contribution in [0.4, 0.5) is 0 Å². The smallest absolute Gasteiger partial charge is 0.160 e. The van der Waals surface area contributed by atoms with E-state index in [1.165, 1.54) is 43.8 Å². The Morgan fingerprint density at radius 1 is 0.429 bits per heavy atom. The Balaban J connectivity index is 1.13. The molecule has 1 aromatic heterocycles. The topological polar surface area (TPSA) is 25.8 Å². The molecule has 1 atom stereocenters. The highest BCUT2D eigenvalue weighted by molar-refractivity contribution is 6.14. The molecule has 0 fully saturated rings. The average Bonchev–Trinajstić information content (AvgIpc) is 3.18. The van der Waals surface area contributed by atoms with E-state index in [4.69, 9.17) is 9.97 Å². The van der Waals surface area contributed by atoms with Gasteiger partial charge in [0.1, 0.15) is 0 Å². The zero-order valence-corrected chi connectivity index (χ0v) is 27.3. The lowest BCUT2D eigenvalue weighted by Gasteiger charge is -2.21. The van der Waals surface area contributed by atoms with Gasteiger partial charge in [-0.1, -0.05) is 153 Å². The zero-order chi connectivity index (χ0) is 32.7. The molecule has 1 unspecified atom stereocenters. The fourth-order valence-corrected chi connectivity index (χ4v) is 7.34.